The summed E-state index contributed by atoms with van der Waals surface area (Å²) in [6.07, 6.45) is 3.57. The molecule has 0 saturated carbocycles. The number of aromatic nitrogens is 2. The van der Waals surface area contributed by atoms with Crippen LogP contribution in [0.2, 0.25) is 0 Å². The van der Waals surface area contributed by atoms with E-state index >= 15 is 0 Å². The molecule has 2 aromatic carbocycles. The minimum atomic E-state index is -0.932. The minimum absolute atomic E-state index is 0.273. The Hall–Kier alpha value is -3.34. The van der Waals surface area contributed by atoms with Gasteiger partial charge in [0.15, 0.2) is 0 Å². The van der Waals surface area contributed by atoms with Gasteiger partial charge < -0.3 is 14.4 Å². The van der Waals surface area contributed by atoms with E-state index in [2.05, 4.69) is 9.55 Å². The molecule has 0 amide bonds. The van der Waals surface area contributed by atoms with E-state index in [0.29, 0.717) is 6.54 Å². The molecule has 4 rings (SSSR count). The van der Waals surface area contributed by atoms with Crippen LogP contribution in [0.4, 0.5) is 0 Å². The van der Waals surface area contributed by atoms with Gasteiger partial charge in [-0.25, -0.2) is 4.79 Å². The molecule has 1 N–H and O–H groups in total. The lowest BCUT2D eigenvalue weighted by Crippen LogP contribution is -2.01. The predicted octanol–water partition coefficient (Wildman–Crippen LogP) is 3.94. The number of rotatable bonds is 4. The third kappa shape index (κ3) is 2.59. The van der Waals surface area contributed by atoms with Crippen molar-refractivity contribution in [3.05, 3.63) is 72.1 Å². The SMILES string of the molecule is COc1cccc(Cn2c3ccncc3c3ccc(C(=O)O)cc32)c1. The number of ether oxygens (including phenoxy) is 1. The second-order valence-electron chi connectivity index (χ2n) is 5.87. The molecule has 0 unspecified atom stereocenters. The average molecular weight is 332 g/mol. The van der Waals surface area contributed by atoms with E-state index in [1.165, 1.54) is 0 Å². The Morgan fingerprint density at radius 2 is 2.00 bits per heavy atom. The van der Waals surface area contributed by atoms with E-state index in [9.17, 15) is 9.90 Å². The van der Waals surface area contributed by atoms with E-state index in [4.69, 9.17) is 4.74 Å². The highest BCUT2D eigenvalue weighted by molar-refractivity contribution is 6.09. The van der Waals surface area contributed by atoms with Gasteiger partial charge >= 0.3 is 5.97 Å². The second-order valence-corrected chi connectivity index (χ2v) is 5.87. The largest absolute Gasteiger partial charge is 0.497 e. The molecule has 2 aromatic heterocycles. The summed E-state index contributed by atoms with van der Waals surface area (Å²) in [7, 11) is 1.64. The molecule has 0 atom stereocenters. The first kappa shape index (κ1) is 15.2. The van der Waals surface area contributed by atoms with Crippen molar-refractivity contribution in [2.45, 2.75) is 6.54 Å². The monoisotopic (exact) mass is 332 g/mol. The molecular weight excluding hydrogens is 316 g/mol. The van der Waals surface area contributed by atoms with Gasteiger partial charge in [-0.15, -0.1) is 0 Å². The highest BCUT2D eigenvalue weighted by Crippen LogP contribution is 2.30. The van der Waals surface area contributed by atoms with Crippen LogP contribution in [0.15, 0.2) is 60.9 Å². The summed E-state index contributed by atoms with van der Waals surface area (Å²) < 4.78 is 7.42. The summed E-state index contributed by atoms with van der Waals surface area (Å²) in [5.41, 5.74) is 3.26. The Morgan fingerprint density at radius 3 is 2.80 bits per heavy atom. The Labute approximate surface area is 144 Å². The van der Waals surface area contributed by atoms with Crippen LogP contribution in [0.1, 0.15) is 15.9 Å². The van der Waals surface area contributed by atoms with Crippen LogP contribution in [-0.4, -0.2) is 27.7 Å². The van der Waals surface area contributed by atoms with Crippen LogP contribution in [0.5, 0.6) is 5.75 Å². The lowest BCUT2D eigenvalue weighted by molar-refractivity contribution is 0.0697. The first-order valence-corrected chi connectivity index (χ1v) is 7.89. The van der Waals surface area contributed by atoms with E-state index in [1.54, 1.807) is 25.4 Å². The number of carbonyl (C=O) groups is 1. The Kier molecular flexibility index (Phi) is 3.61. The number of fused-ring (bicyclic) bond motifs is 3. The zero-order chi connectivity index (χ0) is 17.4. The first-order valence-electron chi connectivity index (χ1n) is 7.89. The van der Waals surface area contributed by atoms with Gasteiger partial charge in [0.1, 0.15) is 5.75 Å². The number of hydrogen-bond donors (Lipinski definition) is 1. The summed E-state index contributed by atoms with van der Waals surface area (Å²) >= 11 is 0. The number of carboxylic acid groups (broad SMARTS) is 1. The van der Waals surface area contributed by atoms with E-state index in [1.807, 2.05) is 42.6 Å². The number of aromatic carboxylic acids is 1. The highest BCUT2D eigenvalue weighted by atomic mass is 16.5. The summed E-state index contributed by atoms with van der Waals surface area (Å²) in [5.74, 6) is -0.135. The lowest BCUT2D eigenvalue weighted by atomic mass is 10.1. The molecule has 0 aliphatic heterocycles. The van der Waals surface area contributed by atoms with Crippen molar-refractivity contribution in [2.24, 2.45) is 0 Å². The zero-order valence-electron chi connectivity index (χ0n) is 13.6. The molecule has 5 nitrogen and oxygen atoms in total. The Balaban J connectivity index is 1.95. The Bertz CT molecular complexity index is 1100. The number of pyridine rings is 1. The van der Waals surface area contributed by atoms with E-state index in [0.717, 1.165) is 33.1 Å². The van der Waals surface area contributed by atoms with Gasteiger partial charge in [0.05, 0.1) is 23.7 Å². The molecule has 4 aromatic rings. The van der Waals surface area contributed by atoms with Crippen molar-refractivity contribution in [1.29, 1.82) is 0 Å². The molecule has 0 bridgehead atoms. The van der Waals surface area contributed by atoms with Crippen LogP contribution in [0.3, 0.4) is 0 Å². The van der Waals surface area contributed by atoms with Crippen LogP contribution in [0.25, 0.3) is 21.8 Å². The fraction of sp³-hybridized carbons (Fsp3) is 0.100. The molecule has 0 radical (unpaired) electrons. The van der Waals surface area contributed by atoms with Gasteiger partial charge in [0, 0.05) is 29.7 Å². The van der Waals surface area contributed by atoms with Gasteiger partial charge in [0.2, 0.25) is 0 Å². The van der Waals surface area contributed by atoms with Crippen molar-refractivity contribution in [2.75, 3.05) is 7.11 Å². The number of methoxy groups -OCH3 is 1. The van der Waals surface area contributed by atoms with Crippen molar-refractivity contribution in [3.8, 4) is 5.75 Å². The topological polar surface area (TPSA) is 64.4 Å². The summed E-state index contributed by atoms with van der Waals surface area (Å²) in [6.45, 7) is 0.615. The van der Waals surface area contributed by atoms with Crippen LogP contribution >= 0.6 is 0 Å². The van der Waals surface area contributed by atoms with Gasteiger partial charge in [-0.05, 0) is 35.9 Å². The van der Waals surface area contributed by atoms with Crippen LogP contribution < -0.4 is 4.74 Å². The first-order chi connectivity index (χ1) is 12.2. The van der Waals surface area contributed by atoms with Crippen molar-refractivity contribution in [1.82, 2.24) is 9.55 Å². The molecule has 5 heteroatoms. The molecule has 0 fully saturated rings. The van der Waals surface area contributed by atoms with Gasteiger partial charge in [-0.2, -0.15) is 0 Å². The molecule has 0 aliphatic carbocycles. The highest BCUT2D eigenvalue weighted by Gasteiger charge is 2.13. The quantitative estimate of drug-likeness (QED) is 0.615. The fourth-order valence-corrected chi connectivity index (χ4v) is 3.20. The Morgan fingerprint density at radius 1 is 1.12 bits per heavy atom. The number of hydrogen-bond acceptors (Lipinski definition) is 3. The normalized spacial score (nSPS) is 11.1. The predicted molar refractivity (Wildman–Crippen MR) is 96.3 cm³/mol. The smallest absolute Gasteiger partial charge is 0.335 e. The fourth-order valence-electron chi connectivity index (χ4n) is 3.20. The van der Waals surface area contributed by atoms with Crippen LogP contribution in [0, 0.1) is 0 Å². The zero-order valence-corrected chi connectivity index (χ0v) is 13.6. The standard InChI is InChI=1S/C20H16N2O3/c1-25-15-4-2-3-13(9-15)12-22-18-7-8-21-11-17(18)16-6-5-14(20(23)24)10-19(16)22/h2-11H,12H2,1H3,(H,23,24). The minimum Gasteiger partial charge on any atom is -0.497 e. The lowest BCUT2D eigenvalue weighted by Gasteiger charge is -2.09. The van der Waals surface area contributed by atoms with Crippen molar-refractivity contribution in [3.63, 3.8) is 0 Å². The van der Waals surface area contributed by atoms with Crippen molar-refractivity contribution >= 4 is 27.8 Å². The van der Waals surface area contributed by atoms with Gasteiger partial charge in [0.25, 0.3) is 0 Å². The second kappa shape index (κ2) is 5.94. The summed E-state index contributed by atoms with van der Waals surface area (Å²) in [6, 6.07) is 15.0. The molecule has 2 heterocycles. The summed E-state index contributed by atoms with van der Waals surface area (Å²) in [4.78, 5) is 15.6. The molecule has 0 aliphatic rings. The molecule has 0 saturated heterocycles. The van der Waals surface area contributed by atoms with Gasteiger partial charge in [-0.1, -0.05) is 18.2 Å². The molecular formula is C20H16N2O3. The number of nitrogens with zero attached hydrogens (tertiary/aromatic N) is 2. The maximum Gasteiger partial charge on any atom is 0.335 e. The third-order valence-corrected chi connectivity index (χ3v) is 4.39. The van der Waals surface area contributed by atoms with E-state index in [-0.39, 0.29) is 5.56 Å². The number of carboxylic acids is 1. The van der Waals surface area contributed by atoms with Gasteiger partial charge in [-0.3, -0.25) is 4.98 Å². The maximum atomic E-state index is 11.4. The maximum absolute atomic E-state index is 11.4. The summed E-state index contributed by atoms with van der Waals surface area (Å²) in [5, 5.41) is 11.3. The average Bonchev–Trinajstić information content (AvgIpc) is 2.95. The molecule has 25 heavy (non-hydrogen) atoms. The van der Waals surface area contributed by atoms with E-state index < -0.39 is 5.97 Å². The van der Waals surface area contributed by atoms with Crippen molar-refractivity contribution < 1.29 is 14.6 Å². The van der Waals surface area contributed by atoms with Crippen LogP contribution in [-0.2, 0) is 6.54 Å². The third-order valence-electron chi connectivity index (χ3n) is 4.39. The molecule has 0 spiro atoms. The molecule has 124 valence electrons. The number of benzene rings is 2.